The Kier molecular flexibility index (Phi) is 5.02. The lowest BCUT2D eigenvalue weighted by atomic mass is 9.93. The van der Waals surface area contributed by atoms with Gasteiger partial charge < -0.3 is 35.2 Å². The van der Waals surface area contributed by atoms with Crippen LogP contribution in [-0.4, -0.2) is 69.9 Å². The van der Waals surface area contributed by atoms with Crippen molar-refractivity contribution in [3.8, 4) is 0 Å². The van der Waals surface area contributed by atoms with Crippen LogP contribution in [0, 0.1) is 0 Å². The highest BCUT2D eigenvalue weighted by atomic mass is 16.7. The molecule has 1 amide bonds. The van der Waals surface area contributed by atoms with Crippen LogP contribution in [0.3, 0.4) is 0 Å². The standard InChI is InChI=1S/C10H19NO7/c1-3-17-9-10(16,11-5(2)13)8(15)7(14)6(4-12)18-9/h6-9,12,14-16H,3-4H2,1-2H3,(H,11,13)/t6-,7-,8+,9+,10-/m1/s1. The van der Waals surface area contributed by atoms with E-state index in [0.29, 0.717) is 0 Å². The van der Waals surface area contributed by atoms with E-state index < -0.39 is 42.8 Å². The number of aliphatic hydroxyl groups is 4. The van der Waals surface area contributed by atoms with Crippen LogP contribution in [0.5, 0.6) is 0 Å². The van der Waals surface area contributed by atoms with E-state index in [2.05, 4.69) is 5.32 Å². The molecule has 0 saturated carbocycles. The monoisotopic (exact) mass is 265 g/mol. The van der Waals surface area contributed by atoms with Crippen molar-refractivity contribution in [3.63, 3.8) is 0 Å². The summed E-state index contributed by atoms with van der Waals surface area (Å²) in [4.78, 5) is 11.0. The molecule has 8 heteroatoms. The highest BCUT2D eigenvalue weighted by Crippen LogP contribution is 2.28. The zero-order chi connectivity index (χ0) is 13.9. The summed E-state index contributed by atoms with van der Waals surface area (Å²) in [6, 6.07) is 0. The average Bonchev–Trinajstić information content (AvgIpc) is 2.30. The summed E-state index contributed by atoms with van der Waals surface area (Å²) >= 11 is 0. The molecule has 5 N–H and O–H groups in total. The summed E-state index contributed by atoms with van der Waals surface area (Å²) in [5.41, 5.74) is -2.27. The molecule has 0 aromatic rings. The van der Waals surface area contributed by atoms with Gasteiger partial charge in [0.2, 0.25) is 17.9 Å². The second-order valence-electron chi connectivity index (χ2n) is 4.09. The molecule has 18 heavy (non-hydrogen) atoms. The number of carbonyl (C=O) groups excluding carboxylic acids is 1. The molecular weight excluding hydrogens is 246 g/mol. The van der Waals surface area contributed by atoms with Crippen molar-refractivity contribution in [1.29, 1.82) is 0 Å². The summed E-state index contributed by atoms with van der Waals surface area (Å²) in [7, 11) is 0. The quantitative estimate of drug-likeness (QED) is 0.349. The zero-order valence-corrected chi connectivity index (χ0v) is 10.2. The zero-order valence-electron chi connectivity index (χ0n) is 10.2. The third-order valence-corrected chi connectivity index (χ3v) is 2.69. The second-order valence-corrected chi connectivity index (χ2v) is 4.09. The fraction of sp³-hybridized carbons (Fsp3) is 0.900. The molecule has 8 nitrogen and oxygen atoms in total. The minimum Gasteiger partial charge on any atom is -0.394 e. The van der Waals surface area contributed by atoms with E-state index in [1.807, 2.05) is 0 Å². The van der Waals surface area contributed by atoms with Crippen molar-refractivity contribution in [2.75, 3.05) is 13.2 Å². The van der Waals surface area contributed by atoms with E-state index >= 15 is 0 Å². The Labute approximate surface area is 104 Å². The van der Waals surface area contributed by atoms with E-state index in [4.69, 9.17) is 14.6 Å². The Morgan fingerprint density at radius 1 is 1.50 bits per heavy atom. The Hall–Kier alpha value is -0.770. The van der Waals surface area contributed by atoms with Crippen LogP contribution in [0.25, 0.3) is 0 Å². The van der Waals surface area contributed by atoms with Gasteiger partial charge in [0.25, 0.3) is 0 Å². The Morgan fingerprint density at radius 2 is 2.11 bits per heavy atom. The maximum Gasteiger partial charge on any atom is 0.219 e. The number of amides is 1. The van der Waals surface area contributed by atoms with Gasteiger partial charge in [0.05, 0.1) is 6.61 Å². The van der Waals surface area contributed by atoms with Gasteiger partial charge in [-0.3, -0.25) is 4.79 Å². The Balaban J connectivity index is 2.98. The minimum atomic E-state index is -2.27. The topological polar surface area (TPSA) is 128 Å². The Bertz CT molecular complexity index is 300. The lowest BCUT2D eigenvalue weighted by Crippen LogP contribution is -2.73. The van der Waals surface area contributed by atoms with E-state index in [0.717, 1.165) is 6.92 Å². The van der Waals surface area contributed by atoms with E-state index in [1.54, 1.807) is 6.92 Å². The van der Waals surface area contributed by atoms with Crippen molar-refractivity contribution in [2.45, 2.75) is 44.2 Å². The van der Waals surface area contributed by atoms with Crippen LogP contribution in [0.1, 0.15) is 13.8 Å². The average molecular weight is 265 g/mol. The van der Waals surface area contributed by atoms with Gasteiger partial charge in [-0.1, -0.05) is 0 Å². The van der Waals surface area contributed by atoms with Gasteiger partial charge in [0.15, 0.2) is 0 Å². The van der Waals surface area contributed by atoms with Crippen LogP contribution < -0.4 is 5.32 Å². The number of hydrogen-bond acceptors (Lipinski definition) is 7. The molecule has 0 aliphatic carbocycles. The van der Waals surface area contributed by atoms with Gasteiger partial charge in [0, 0.05) is 13.5 Å². The third kappa shape index (κ3) is 2.79. The fourth-order valence-electron chi connectivity index (χ4n) is 1.83. The molecule has 1 rings (SSSR count). The molecule has 5 atom stereocenters. The van der Waals surface area contributed by atoms with E-state index in [-0.39, 0.29) is 6.61 Å². The maximum atomic E-state index is 11.0. The molecule has 1 fully saturated rings. The summed E-state index contributed by atoms with van der Waals surface area (Å²) in [5.74, 6) is -0.625. The molecule has 1 saturated heterocycles. The smallest absolute Gasteiger partial charge is 0.219 e. The Morgan fingerprint density at radius 3 is 2.56 bits per heavy atom. The van der Waals surface area contributed by atoms with Crippen LogP contribution in [0.4, 0.5) is 0 Å². The summed E-state index contributed by atoms with van der Waals surface area (Å²) in [5, 5.41) is 40.8. The van der Waals surface area contributed by atoms with Crippen molar-refractivity contribution < 1.29 is 34.7 Å². The van der Waals surface area contributed by atoms with Gasteiger partial charge in [-0.05, 0) is 6.92 Å². The van der Waals surface area contributed by atoms with Crippen LogP contribution in [-0.2, 0) is 14.3 Å². The molecule has 0 aromatic heterocycles. The van der Waals surface area contributed by atoms with Crippen LogP contribution in [0.15, 0.2) is 0 Å². The number of ether oxygens (including phenoxy) is 2. The molecule has 0 spiro atoms. The lowest BCUT2D eigenvalue weighted by molar-refractivity contribution is -0.346. The number of aliphatic hydroxyl groups excluding tert-OH is 3. The molecule has 106 valence electrons. The molecule has 1 heterocycles. The largest absolute Gasteiger partial charge is 0.394 e. The first-order valence-electron chi connectivity index (χ1n) is 5.62. The third-order valence-electron chi connectivity index (χ3n) is 2.69. The van der Waals surface area contributed by atoms with Gasteiger partial charge in [-0.2, -0.15) is 0 Å². The minimum absolute atomic E-state index is 0.146. The van der Waals surface area contributed by atoms with Gasteiger partial charge in [-0.15, -0.1) is 0 Å². The summed E-state index contributed by atoms with van der Waals surface area (Å²) in [6.07, 6.45) is -5.79. The fourth-order valence-corrected chi connectivity index (χ4v) is 1.83. The van der Waals surface area contributed by atoms with E-state index in [1.165, 1.54) is 0 Å². The van der Waals surface area contributed by atoms with Crippen molar-refractivity contribution >= 4 is 5.91 Å². The van der Waals surface area contributed by atoms with Crippen molar-refractivity contribution in [3.05, 3.63) is 0 Å². The number of rotatable bonds is 4. The normalized spacial score (nSPS) is 40.6. The summed E-state index contributed by atoms with van der Waals surface area (Å²) in [6.45, 7) is 2.35. The summed E-state index contributed by atoms with van der Waals surface area (Å²) < 4.78 is 10.2. The van der Waals surface area contributed by atoms with Gasteiger partial charge >= 0.3 is 0 Å². The first kappa shape index (κ1) is 15.3. The molecule has 0 aromatic carbocycles. The van der Waals surface area contributed by atoms with Crippen molar-refractivity contribution in [2.24, 2.45) is 0 Å². The predicted molar refractivity (Wildman–Crippen MR) is 58.2 cm³/mol. The highest BCUT2D eigenvalue weighted by Gasteiger charge is 2.56. The number of carbonyl (C=O) groups is 1. The first-order valence-corrected chi connectivity index (χ1v) is 5.62. The molecule has 1 aliphatic heterocycles. The molecule has 0 radical (unpaired) electrons. The van der Waals surface area contributed by atoms with E-state index in [9.17, 15) is 20.1 Å². The molecule has 1 aliphatic rings. The molecular formula is C10H19NO7. The predicted octanol–water partition coefficient (Wildman–Crippen LogP) is -2.71. The second kappa shape index (κ2) is 5.91. The highest BCUT2D eigenvalue weighted by molar-refractivity contribution is 5.73. The van der Waals surface area contributed by atoms with Gasteiger partial charge in [-0.25, -0.2) is 0 Å². The number of nitrogens with one attached hydrogen (secondary N) is 1. The molecule has 0 unspecified atom stereocenters. The SMILES string of the molecule is CCO[C@H]1O[C@H](CO)[C@@H](O)[C@H](O)[C@]1(O)NC(C)=O. The lowest BCUT2D eigenvalue weighted by Gasteiger charge is -2.47. The van der Waals surface area contributed by atoms with Crippen LogP contribution in [0.2, 0.25) is 0 Å². The maximum absolute atomic E-state index is 11.0. The first-order chi connectivity index (χ1) is 8.36. The molecule has 0 bridgehead atoms. The van der Waals surface area contributed by atoms with Gasteiger partial charge in [0.1, 0.15) is 18.3 Å². The van der Waals surface area contributed by atoms with Crippen LogP contribution >= 0.6 is 0 Å². The van der Waals surface area contributed by atoms with Crippen molar-refractivity contribution in [1.82, 2.24) is 5.32 Å². The number of hydrogen-bond donors (Lipinski definition) is 5.